The molecule has 0 spiro atoms. The molecule has 0 aliphatic heterocycles. The summed E-state index contributed by atoms with van der Waals surface area (Å²) in [5.74, 6) is -1.24. The number of pyridine rings is 1. The molecule has 7 heteroatoms. The topological polar surface area (TPSA) is 41.2 Å². The van der Waals surface area contributed by atoms with Crippen molar-refractivity contribution in [2.45, 2.75) is 98.6 Å². The Hall–Kier alpha value is -2.76. The van der Waals surface area contributed by atoms with Gasteiger partial charge in [0.05, 0.1) is 26.8 Å². The molecular weight excluding hydrogens is 752 g/mol. The van der Waals surface area contributed by atoms with E-state index < -0.39 is 24.3 Å². The van der Waals surface area contributed by atoms with Crippen molar-refractivity contribution in [3.63, 3.8) is 0 Å². The molecule has 1 unspecified atom stereocenters. The van der Waals surface area contributed by atoms with Gasteiger partial charge in [0.1, 0.15) is 0 Å². The molecule has 1 saturated carbocycles. The molecule has 1 heterocycles. The Kier molecular flexibility index (Phi) is 13.4. The second-order valence-electron chi connectivity index (χ2n) is 12.3. The molecule has 1 aliphatic rings. The predicted octanol–water partition coefficient (Wildman–Crippen LogP) is 10.4. The molecule has 4 rings (SSSR count). The number of halogens is 3. The van der Waals surface area contributed by atoms with Crippen LogP contribution in [0.15, 0.2) is 54.4 Å². The van der Waals surface area contributed by atoms with Crippen molar-refractivity contribution in [3.05, 3.63) is 90.6 Å². The molecule has 1 radical (unpaired) electrons. The Balaban J connectivity index is 0.000000355. The van der Waals surface area contributed by atoms with E-state index in [1.165, 1.54) is 38.2 Å². The average Bonchev–Trinajstić information content (AvgIpc) is 3.51. The molecule has 0 bridgehead atoms. The first kappa shape index (κ1) is 35.1. The quantitative estimate of drug-likeness (QED) is 0.0960. The number of rotatable bonds is 10. The zero-order valence-electron chi connectivity index (χ0n) is 29.2. The SMILES string of the molecule is CCC(CC(F)(F)F)C(=O)/C=C(\O)C(CC)CC.[2H]c1c([2H])[n+]([CH2-])c(-c2cc(C)cc(C)c2[CH2-])c2ccc(CC3CCCC3)cc12.[Ir]. The second kappa shape index (κ2) is 17.2. The summed E-state index contributed by atoms with van der Waals surface area (Å²) in [6, 6.07) is 10.9. The van der Waals surface area contributed by atoms with Gasteiger partial charge in [0.2, 0.25) is 0 Å². The summed E-state index contributed by atoms with van der Waals surface area (Å²) < 4.78 is 55.4. The zero-order chi connectivity index (χ0) is 34.3. The Bertz CT molecular complexity index is 1560. The molecule has 1 aliphatic carbocycles. The molecule has 1 fully saturated rings. The molecule has 3 nitrogen and oxygen atoms in total. The first-order valence-corrected chi connectivity index (χ1v) is 15.8. The molecule has 0 amide bonds. The van der Waals surface area contributed by atoms with E-state index in [4.69, 9.17) is 2.74 Å². The fraction of sp³-hybridized carbons (Fsp3) is 0.474. The molecule has 1 aromatic heterocycles. The van der Waals surface area contributed by atoms with Crippen molar-refractivity contribution in [1.29, 1.82) is 0 Å². The van der Waals surface area contributed by atoms with Crippen molar-refractivity contribution in [3.8, 4) is 11.3 Å². The minimum Gasteiger partial charge on any atom is -0.512 e. The first-order valence-electron chi connectivity index (χ1n) is 16.8. The molecule has 2 aromatic carbocycles. The Morgan fingerprint density at radius 1 is 1.09 bits per heavy atom. The van der Waals surface area contributed by atoms with Crippen LogP contribution in [0, 0.1) is 45.6 Å². The molecular formula is C38H49F3IrNO2-. The molecule has 0 saturated heterocycles. The summed E-state index contributed by atoms with van der Waals surface area (Å²) in [5.41, 5.74) is 6.39. The number of fused-ring (bicyclic) bond motifs is 1. The third-order valence-electron chi connectivity index (χ3n) is 8.87. The number of aromatic nitrogens is 1. The number of allylic oxidation sites excluding steroid dienone is 2. The van der Waals surface area contributed by atoms with Gasteiger partial charge in [-0.2, -0.15) is 31.2 Å². The number of alkyl halides is 3. The number of hydrogen-bond acceptors (Lipinski definition) is 2. The van der Waals surface area contributed by atoms with Crippen LogP contribution >= 0.6 is 0 Å². The van der Waals surface area contributed by atoms with E-state index in [0.29, 0.717) is 12.8 Å². The van der Waals surface area contributed by atoms with Crippen molar-refractivity contribution in [2.24, 2.45) is 17.8 Å². The second-order valence-corrected chi connectivity index (χ2v) is 12.3. The number of aryl methyl sites for hydroxylation is 2. The minimum atomic E-state index is -4.35. The largest absolute Gasteiger partial charge is 0.512 e. The van der Waals surface area contributed by atoms with Crippen molar-refractivity contribution in [1.82, 2.24) is 0 Å². The van der Waals surface area contributed by atoms with Crippen LogP contribution in [0.4, 0.5) is 13.2 Å². The van der Waals surface area contributed by atoms with E-state index in [1.807, 2.05) is 13.8 Å². The van der Waals surface area contributed by atoms with Gasteiger partial charge in [-0.1, -0.05) is 77.1 Å². The van der Waals surface area contributed by atoms with Crippen LogP contribution in [-0.4, -0.2) is 17.1 Å². The Morgan fingerprint density at radius 2 is 1.71 bits per heavy atom. The summed E-state index contributed by atoms with van der Waals surface area (Å²) >= 11 is 0. The summed E-state index contributed by atoms with van der Waals surface area (Å²) in [5, 5.41) is 11.5. The first-order chi connectivity index (χ1) is 21.6. The van der Waals surface area contributed by atoms with E-state index >= 15 is 0 Å². The van der Waals surface area contributed by atoms with Gasteiger partial charge in [0.15, 0.2) is 5.78 Å². The molecule has 1 N–H and O–H groups in total. The maximum absolute atomic E-state index is 12.2. The number of ketones is 1. The minimum absolute atomic E-state index is 0. The number of nitrogens with zero attached hydrogens (tertiary/aromatic N) is 1. The maximum atomic E-state index is 12.2. The summed E-state index contributed by atoms with van der Waals surface area (Å²) in [6.07, 6.45) is 3.41. The average molecular weight is 803 g/mol. The Labute approximate surface area is 284 Å². The van der Waals surface area contributed by atoms with Gasteiger partial charge in [-0.3, -0.25) is 4.79 Å². The van der Waals surface area contributed by atoms with Crippen molar-refractivity contribution >= 4 is 16.6 Å². The van der Waals surface area contributed by atoms with Crippen LogP contribution in [0.3, 0.4) is 0 Å². The third-order valence-corrected chi connectivity index (χ3v) is 8.87. The van der Waals surface area contributed by atoms with Crippen LogP contribution in [0.2, 0.25) is 0 Å². The number of aliphatic hydroxyl groups is 1. The maximum Gasteiger partial charge on any atom is 0.389 e. The fourth-order valence-corrected chi connectivity index (χ4v) is 6.22. The number of benzene rings is 2. The van der Waals surface area contributed by atoms with Gasteiger partial charge >= 0.3 is 6.18 Å². The third kappa shape index (κ3) is 10.6. The summed E-state index contributed by atoms with van der Waals surface area (Å²) in [7, 11) is 4.09. The Morgan fingerprint density at radius 3 is 2.29 bits per heavy atom. The van der Waals surface area contributed by atoms with Crippen LogP contribution in [0.1, 0.15) is 97.1 Å². The number of aliphatic hydroxyl groups excluding tert-OH is 1. The summed E-state index contributed by atoms with van der Waals surface area (Å²) in [4.78, 5) is 11.7. The van der Waals surface area contributed by atoms with E-state index in [1.54, 1.807) is 4.57 Å². The molecule has 45 heavy (non-hydrogen) atoms. The van der Waals surface area contributed by atoms with E-state index in [2.05, 4.69) is 58.2 Å². The van der Waals surface area contributed by atoms with Crippen molar-refractivity contribution in [2.75, 3.05) is 0 Å². The van der Waals surface area contributed by atoms with Crippen molar-refractivity contribution < 1.29 is 50.5 Å². The summed E-state index contributed by atoms with van der Waals surface area (Å²) in [6.45, 7) is 13.7. The van der Waals surface area contributed by atoms with E-state index in [-0.39, 0.29) is 50.4 Å². The fourth-order valence-electron chi connectivity index (χ4n) is 6.22. The number of carbonyl (C=O) groups is 1. The standard InChI is InChI=1S/C25H28N.C13H21F3O2.Ir/c1-17-13-18(2)19(3)24(14-17)25-23-10-9-21(15-20-7-5-6-8-20)16-22(23)11-12-26(25)4;1-4-9(5-2)11(17)7-12(18)10(6-3)8-13(14,15)16;/h9-14,16,20H,3-8,15H2,1-2H3;7,9-10,17H,4-6,8H2,1-3H3;/q-1;;/b;11-7-;/i11D,12D;;. The van der Waals surface area contributed by atoms with Gasteiger partial charge in [-0.05, 0) is 60.9 Å². The molecule has 3 aromatic rings. The monoisotopic (exact) mass is 803 g/mol. The molecule has 1 atom stereocenters. The van der Waals surface area contributed by atoms with E-state index in [0.717, 1.165) is 57.1 Å². The van der Waals surface area contributed by atoms with Gasteiger partial charge in [0.25, 0.3) is 0 Å². The van der Waals surface area contributed by atoms with Crippen LogP contribution < -0.4 is 4.57 Å². The van der Waals surface area contributed by atoms with Gasteiger partial charge in [0, 0.05) is 45.1 Å². The van der Waals surface area contributed by atoms with Gasteiger partial charge in [-0.25, -0.2) is 0 Å². The number of carbonyl (C=O) groups excluding carboxylic acids is 1. The van der Waals surface area contributed by atoms with Crippen LogP contribution in [0.25, 0.3) is 22.0 Å². The smallest absolute Gasteiger partial charge is 0.389 e. The van der Waals surface area contributed by atoms with Crippen LogP contribution in [-0.2, 0) is 31.3 Å². The normalized spacial score (nSPS) is 15.3. The predicted molar refractivity (Wildman–Crippen MR) is 174 cm³/mol. The molecule has 249 valence electrons. The van der Waals surface area contributed by atoms with Crippen LogP contribution in [0.5, 0.6) is 0 Å². The van der Waals surface area contributed by atoms with Gasteiger partial charge < -0.3 is 9.67 Å². The van der Waals surface area contributed by atoms with Gasteiger partial charge in [-0.15, -0.1) is 17.7 Å². The number of hydrogen-bond donors (Lipinski definition) is 1. The van der Waals surface area contributed by atoms with E-state index in [9.17, 15) is 23.1 Å². The zero-order valence-corrected chi connectivity index (χ0v) is 29.6.